The lowest BCUT2D eigenvalue weighted by Crippen LogP contribution is -2.14. The molecule has 6 rings (SSSR count). The van der Waals surface area contributed by atoms with E-state index in [1.807, 2.05) is 36.5 Å². The summed E-state index contributed by atoms with van der Waals surface area (Å²) in [5.41, 5.74) is 5.36. The molecule has 0 saturated carbocycles. The van der Waals surface area contributed by atoms with Gasteiger partial charge in [-0.3, -0.25) is 4.79 Å². The number of fused-ring (bicyclic) bond motifs is 1. The fraction of sp³-hybridized carbons (Fsp3) is 0.125. The number of nitrogens with one attached hydrogen (secondary N) is 1. The van der Waals surface area contributed by atoms with Gasteiger partial charge in [-0.25, -0.2) is 13.9 Å². The minimum Gasteiger partial charge on any atom is -0.343 e. The summed E-state index contributed by atoms with van der Waals surface area (Å²) >= 11 is 0. The van der Waals surface area contributed by atoms with Crippen molar-refractivity contribution in [1.29, 1.82) is 0 Å². The Bertz CT molecular complexity index is 1470. The van der Waals surface area contributed by atoms with Crippen molar-refractivity contribution in [3.8, 4) is 0 Å². The highest BCUT2D eigenvalue weighted by molar-refractivity contribution is 6.06. The van der Waals surface area contributed by atoms with Gasteiger partial charge in [-0.15, -0.1) is 0 Å². The van der Waals surface area contributed by atoms with Gasteiger partial charge in [-0.05, 0) is 41.5 Å². The number of hydrogen-bond acceptors (Lipinski definition) is 3. The zero-order valence-corrected chi connectivity index (χ0v) is 16.5. The van der Waals surface area contributed by atoms with Crippen molar-refractivity contribution >= 4 is 28.1 Å². The van der Waals surface area contributed by atoms with Gasteiger partial charge in [0.15, 0.2) is 5.65 Å². The molecule has 6 nitrogen and oxygen atoms in total. The molecule has 1 atom stereocenters. The van der Waals surface area contributed by atoms with E-state index in [0.29, 0.717) is 13.0 Å². The number of benzene rings is 2. The van der Waals surface area contributed by atoms with Crippen LogP contribution in [0.5, 0.6) is 0 Å². The Balaban J connectivity index is 1.56. The molecule has 7 heteroatoms. The number of hydrogen-bond donors (Lipinski definition) is 1. The van der Waals surface area contributed by atoms with Crippen LogP contribution in [0.2, 0.25) is 0 Å². The first-order chi connectivity index (χ1) is 15.2. The van der Waals surface area contributed by atoms with E-state index in [1.165, 1.54) is 6.07 Å². The molecule has 0 fully saturated rings. The summed E-state index contributed by atoms with van der Waals surface area (Å²) in [4.78, 5) is 17.2. The predicted molar refractivity (Wildman–Crippen MR) is 116 cm³/mol. The van der Waals surface area contributed by atoms with E-state index in [2.05, 4.69) is 26.2 Å². The first kappa shape index (κ1) is 17.8. The highest BCUT2D eigenvalue weighted by Gasteiger charge is 2.30. The van der Waals surface area contributed by atoms with Gasteiger partial charge in [0.1, 0.15) is 5.82 Å². The Hall–Kier alpha value is -4.00. The van der Waals surface area contributed by atoms with Crippen LogP contribution < -0.4 is 5.32 Å². The van der Waals surface area contributed by atoms with Gasteiger partial charge < -0.3 is 9.88 Å². The van der Waals surface area contributed by atoms with Gasteiger partial charge in [0.25, 0.3) is 0 Å². The summed E-state index contributed by atoms with van der Waals surface area (Å²) in [5, 5.41) is 8.49. The van der Waals surface area contributed by atoms with Gasteiger partial charge in [0.05, 0.1) is 17.4 Å². The largest absolute Gasteiger partial charge is 0.343 e. The third kappa shape index (κ3) is 2.89. The van der Waals surface area contributed by atoms with Crippen LogP contribution in [0, 0.1) is 5.82 Å². The summed E-state index contributed by atoms with van der Waals surface area (Å²) in [6, 6.07) is 14.3. The molecular formula is C24H18FN5O. The first-order valence-corrected chi connectivity index (χ1v) is 10.1. The summed E-state index contributed by atoms with van der Waals surface area (Å²) in [5.74, 6) is -0.480. The number of amides is 1. The Labute approximate surface area is 177 Å². The van der Waals surface area contributed by atoms with Crippen molar-refractivity contribution in [2.45, 2.75) is 18.9 Å². The molecule has 0 saturated heterocycles. The van der Waals surface area contributed by atoms with Gasteiger partial charge in [-0.2, -0.15) is 5.10 Å². The zero-order chi connectivity index (χ0) is 20.9. The van der Waals surface area contributed by atoms with Gasteiger partial charge in [0.2, 0.25) is 5.91 Å². The average Bonchev–Trinajstić information content (AvgIpc) is 3.31. The van der Waals surface area contributed by atoms with E-state index < -0.39 is 0 Å². The average molecular weight is 411 g/mol. The predicted octanol–water partition coefficient (Wildman–Crippen LogP) is 4.35. The SMILES string of the molecule is O=C1CC(c2cnn3cccnc23)c2cn(Cc3cccc(F)c3)c3cccc(c23)N1. The molecule has 3 aromatic heterocycles. The van der Waals surface area contributed by atoms with E-state index in [-0.39, 0.29) is 17.6 Å². The maximum atomic E-state index is 13.7. The highest BCUT2D eigenvalue weighted by atomic mass is 19.1. The van der Waals surface area contributed by atoms with Crippen LogP contribution >= 0.6 is 0 Å². The molecule has 152 valence electrons. The van der Waals surface area contributed by atoms with E-state index in [0.717, 1.165) is 38.9 Å². The second kappa shape index (κ2) is 6.77. The van der Waals surface area contributed by atoms with Gasteiger partial charge in [0, 0.05) is 48.4 Å². The molecule has 5 aromatic rings. The Kier molecular flexibility index (Phi) is 3.89. The van der Waals surface area contributed by atoms with Crippen molar-refractivity contribution in [2.24, 2.45) is 0 Å². The summed E-state index contributed by atoms with van der Waals surface area (Å²) in [6.07, 6.45) is 7.75. The molecule has 1 aliphatic rings. The monoisotopic (exact) mass is 411 g/mol. The Morgan fingerprint density at radius 3 is 2.94 bits per heavy atom. The number of carbonyl (C=O) groups is 1. The second-order valence-corrected chi connectivity index (χ2v) is 7.83. The third-order valence-corrected chi connectivity index (χ3v) is 5.90. The standard InChI is InChI=1S/C24H18FN5O/c25-16-5-1-4-15(10-16)13-29-14-19-17(18-12-27-30-9-3-8-26-24(18)30)11-22(31)28-20-6-2-7-21(29)23(19)20/h1-10,12,14,17H,11,13H2,(H,28,31). The molecule has 4 heterocycles. The smallest absolute Gasteiger partial charge is 0.225 e. The first-order valence-electron chi connectivity index (χ1n) is 10.1. The summed E-state index contributed by atoms with van der Waals surface area (Å²) in [6.45, 7) is 0.533. The van der Waals surface area contributed by atoms with Crippen LogP contribution in [0.1, 0.15) is 29.0 Å². The molecule has 0 radical (unpaired) electrons. The zero-order valence-electron chi connectivity index (χ0n) is 16.5. The number of aromatic nitrogens is 4. The van der Waals surface area contributed by atoms with Crippen LogP contribution in [-0.2, 0) is 11.3 Å². The molecule has 0 spiro atoms. The molecule has 31 heavy (non-hydrogen) atoms. The van der Waals surface area contributed by atoms with Crippen molar-refractivity contribution in [2.75, 3.05) is 5.32 Å². The maximum absolute atomic E-state index is 13.7. The number of halogens is 1. The normalized spacial score (nSPS) is 15.9. The molecule has 1 aliphatic heterocycles. The molecule has 1 amide bonds. The number of carbonyl (C=O) groups excluding carboxylic acids is 1. The van der Waals surface area contributed by atoms with Crippen molar-refractivity contribution < 1.29 is 9.18 Å². The van der Waals surface area contributed by atoms with E-state index in [4.69, 9.17) is 0 Å². The molecule has 0 bridgehead atoms. The lowest BCUT2D eigenvalue weighted by atomic mass is 9.90. The molecule has 1 N–H and O–H groups in total. The van der Waals surface area contributed by atoms with E-state index in [9.17, 15) is 9.18 Å². The van der Waals surface area contributed by atoms with Crippen LogP contribution in [0.15, 0.2) is 73.3 Å². The molecular weight excluding hydrogens is 393 g/mol. The summed E-state index contributed by atoms with van der Waals surface area (Å²) < 4.78 is 17.6. The fourth-order valence-corrected chi connectivity index (χ4v) is 4.58. The molecule has 1 unspecified atom stereocenters. The summed E-state index contributed by atoms with van der Waals surface area (Å²) in [7, 11) is 0. The number of anilines is 1. The number of rotatable bonds is 3. The van der Waals surface area contributed by atoms with Crippen LogP contribution in [0.25, 0.3) is 16.6 Å². The van der Waals surface area contributed by atoms with Gasteiger partial charge >= 0.3 is 0 Å². The van der Waals surface area contributed by atoms with Gasteiger partial charge in [-0.1, -0.05) is 18.2 Å². The van der Waals surface area contributed by atoms with E-state index in [1.54, 1.807) is 29.0 Å². The Morgan fingerprint density at radius 1 is 1.13 bits per heavy atom. The van der Waals surface area contributed by atoms with E-state index >= 15 is 0 Å². The lowest BCUT2D eigenvalue weighted by molar-refractivity contribution is -0.116. The third-order valence-electron chi connectivity index (χ3n) is 5.90. The molecule has 2 aromatic carbocycles. The van der Waals surface area contributed by atoms with Crippen LogP contribution in [0.3, 0.4) is 0 Å². The molecule has 0 aliphatic carbocycles. The lowest BCUT2D eigenvalue weighted by Gasteiger charge is -2.12. The van der Waals surface area contributed by atoms with Crippen molar-refractivity contribution in [1.82, 2.24) is 19.2 Å². The quantitative estimate of drug-likeness (QED) is 0.480. The second-order valence-electron chi connectivity index (χ2n) is 7.83. The highest BCUT2D eigenvalue weighted by Crippen LogP contribution is 2.41. The van der Waals surface area contributed by atoms with Crippen molar-refractivity contribution in [3.63, 3.8) is 0 Å². The minimum absolute atomic E-state index is 0.0411. The van der Waals surface area contributed by atoms with Crippen LogP contribution in [-0.4, -0.2) is 25.1 Å². The number of nitrogens with zero attached hydrogens (tertiary/aromatic N) is 4. The van der Waals surface area contributed by atoms with Crippen molar-refractivity contribution in [3.05, 3.63) is 95.8 Å². The van der Waals surface area contributed by atoms with Crippen LogP contribution in [0.4, 0.5) is 10.1 Å². The maximum Gasteiger partial charge on any atom is 0.225 e. The minimum atomic E-state index is -0.251. The Morgan fingerprint density at radius 2 is 2.03 bits per heavy atom. The fourth-order valence-electron chi connectivity index (χ4n) is 4.58. The topological polar surface area (TPSA) is 64.2 Å².